The average Bonchev–Trinajstić information content (AvgIpc) is 3.29. The molecule has 1 aromatic heterocycles. The van der Waals surface area contributed by atoms with Crippen LogP contribution in [0.1, 0.15) is 23.6 Å². The zero-order valence-corrected chi connectivity index (χ0v) is 18.7. The average molecular weight is 445 g/mol. The summed E-state index contributed by atoms with van der Waals surface area (Å²) in [6.07, 6.45) is 2.57. The van der Waals surface area contributed by atoms with Crippen molar-refractivity contribution in [2.24, 2.45) is 5.92 Å². The summed E-state index contributed by atoms with van der Waals surface area (Å²) < 4.78 is 13.5. The topological polar surface area (TPSA) is 39.7 Å². The van der Waals surface area contributed by atoms with Gasteiger partial charge in [-0.3, -0.25) is 9.69 Å². The molecule has 0 bridgehead atoms. The van der Waals surface area contributed by atoms with Crippen molar-refractivity contribution in [2.45, 2.75) is 19.0 Å². The number of nitrogens with zero attached hydrogens (tertiary/aromatic N) is 4. The third kappa shape index (κ3) is 4.91. The third-order valence-corrected chi connectivity index (χ3v) is 6.80. The molecule has 0 radical (unpaired) electrons. The van der Waals surface area contributed by atoms with Gasteiger partial charge in [-0.25, -0.2) is 9.37 Å². The zero-order valence-electron chi connectivity index (χ0n) is 18.7. The highest BCUT2D eigenvalue weighted by Gasteiger charge is 2.39. The summed E-state index contributed by atoms with van der Waals surface area (Å²) in [6.45, 7) is 4.52. The van der Waals surface area contributed by atoms with E-state index in [0.717, 1.165) is 44.0 Å². The van der Waals surface area contributed by atoms with Gasteiger partial charge < -0.3 is 9.80 Å². The van der Waals surface area contributed by atoms with Crippen LogP contribution in [-0.2, 0) is 11.3 Å². The molecule has 0 aliphatic carbocycles. The lowest BCUT2D eigenvalue weighted by atomic mass is 9.98. The van der Waals surface area contributed by atoms with Crippen LogP contribution in [0.4, 0.5) is 10.2 Å². The van der Waals surface area contributed by atoms with Crippen LogP contribution >= 0.6 is 0 Å². The van der Waals surface area contributed by atoms with E-state index in [9.17, 15) is 9.18 Å². The van der Waals surface area contributed by atoms with Gasteiger partial charge in [-0.1, -0.05) is 48.5 Å². The molecular weight excluding hydrogens is 415 g/mol. The Kier molecular flexibility index (Phi) is 6.35. The molecule has 33 heavy (non-hydrogen) atoms. The maximum Gasteiger partial charge on any atom is 0.227 e. The predicted molar refractivity (Wildman–Crippen MR) is 127 cm³/mol. The van der Waals surface area contributed by atoms with Gasteiger partial charge in [0.1, 0.15) is 11.6 Å². The first-order chi connectivity index (χ1) is 16.2. The van der Waals surface area contributed by atoms with Crippen LogP contribution in [0.15, 0.2) is 79.0 Å². The van der Waals surface area contributed by atoms with Crippen molar-refractivity contribution in [2.75, 3.05) is 37.6 Å². The number of hydrogen-bond acceptors (Lipinski definition) is 4. The number of carbonyl (C=O) groups is 1. The Hall–Kier alpha value is -3.25. The summed E-state index contributed by atoms with van der Waals surface area (Å²) in [6, 6.07) is 23.1. The lowest BCUT2D eigenvalue weighted by molar-refractivity contribution is -0.135. The maximum absolute atomic E-state index is 13.5. The molecule has 170 valence electrons. The molecule has 3 aromatic rings. The van der Waals surface area contributed by atoms with Crippen molar-refractivity contribution >= 4 is 11.7 Å². The molecule has 2 aliphatic rings. The van der Waals surface area contributed by atoms with Crippen molar-refractivity contribution in [3.8, 4) is 0 Å². The second-order valence-electron chi connectivity index (χ2n) is 8.92. The standard InChI is InChI=1S/C27H29FN4O/c28-24-11-9-22(10-12-24)25-18-23(20-32(25)19-21-6-2-1-3-7-21)27(33)31-16-14-30(15-17-31)26-8-4-5-13-29-26/h1-13,23,25H,14-20H2/t23-,25+/m1/s1. The summed E-state index contributed by atoms with van der Waals surface area (Å²) in [7, 11) is 0. The summed E-state index contributed by atoms with van der Waals surface area (Å²) in [5.41, 5.74) is 2.30. The van der Waals surface area contributed by atoms with E-state index in [2.05, 4.69) is 26.9 Å². The molecule has 0 N–H and O–H groups in total. The van der Waals surface area contributed by atoms with Crippen LogP contribution in [-0.4, -0.2) is 53.4 Å². The molecule has 5 rings (SSSR count). The van der Waals surface area contributed by atoms with Crippen LogP contribution in [0, 0.1) is 11.7 Å². The molecule has 2 aliphatic heterocycles. The minimum Gasteiger partial charge on any atom is -0.353 e. The van der Waals surface area contributed by atoms with Gasteiger partial charge >= 0.3 is 0 Å². The lowest BCUT2D eigenvalue weighted by Gasteiger charge is -2.36. The normalized spacial score (nSPS) is 21.4. The van der Waals surface area contributed by atoms with E-state index < -0.39 is 0 Å². The molecule has 5 nitrogen and oxygen atoms in total. The molecule has 0 spiro atoms. The van der Waals surface area contributed by atoms with Crippen molar-refractivity contribution < 1.29 is 9.18 Å². The van der Waals surface area contributed by atoms with Crippen LogP contribution < -0.4 is 4.90 Å². The number of hydrogen-bond donors (Lipinski definition) is 0. The van der Waals surface area contributed by atoms with Gasteiger partial charge in [0.05, 0.1) is 5.92 Å². The van der Waals surface area contributed by atoms with Gasteiger partial charge in [0.2, 0.25) is 5.91 Å². The smallest absolute Gasteiger partial charge is 0.227 e. The molecule has 2 saturated heterocycles. The highest BCUT2D eigenvalue weighted by Crippen LogP contribution is 2.37. The van der Waals surface area contributed by atoms with Crippen LogP contribution in [0.25, 0.3) is 0 Å². The quantitative estimate of drug-likeness (QED) is 0.593. The van der Waals surface area contributed by atoms with Gasteiger partial charge in [0, 0.05) is 51.5 Å². The zero-order chi connectivity index (χ0) is 22.6. The number of benzene rings is 2. The highest BCUT2D eigenvalue weighted by atomic mass is 19.1. The predicted octanol–water partition coefficient (Wildman–Crippen LogP) is 4.13. The Morgan fingerprint density at radius 3 is 2.33 bits per heavy atom. The number of anilines is 1. The number of pyridine rings is 1. The van der Waals surface area contributed by atoms with E-state index in [1.807, 2.05) is 59.6 Å². The number of amides is 1. The van der Waals surface area contributed by atoms with Crippen molar-refractivity contribution in [3.05, 3.63) is 95.9 Å². The molecule has 1 amide bonds. The van der Waals surface area contributed by atoms with Gasteiger partial charge in [-0.15, -0.1) is 0 Å². The minimum atomic E-state index is -0.232. The van der Waals surface area contributed by atoms with Gasteiger partial charge in [-0.2, -0.15) is 0 Å². The summed E-state index contributed by atoms with van der Waals surface area (Å²) in [5, 5.41) is 0. The number of piperazine rings is 1. The number of likely N-dealkylation sites (tertiary alicyclic amines) is 1. The number of halogens is 1. The molecular formula is C27H29FN4O. The molecule has 2 fully saturated rings. The van der Waals surface area contributed by atoms with E-state index >= 15 is 0 Å². The molecule has 3 heterocycles. The molecule has 0 saturated carbocycles. The second kappa shape index (κ2) is 9.71. The van der Waals surface area contributed by atoms with Crippen LogP contribution in [0.5, 0.6) is 0 Å². The minimum absolute atomic E-state index is 0.0508. The summed E-state index contributed by atoms with van der Waals surface area (Å²) >= 11 is 0. The second-order valence-corrected chi connectivity index (χ2v) is 8.92. The first-order valence-corrected chi connectivity index (χ1v) is 11.7. The van der Waals surface area contributed by atoms with Gasteiger partial charge in [0.15, 0.2) is 0 Å². The van der Waals surface area contributed by atoms with E-state index in [-0.39, 0.29) is 23.7 Å². The molecule has 0 unspecified atom stereocenters. The fourth-order valence-corrected chi connectivity index (χ4v) is 5.06. The highest BCUT2D eigenvalue weighted by molar-refractivity contribution is 5.80. The third-order valence-electron chi connectivity index (χ3n) is 6.80. The molecule has 2 aromatic carbocycles. The van der Waals surface area contributed by atoms with E-state index in [1.54, 1.807) is 0 Å². The largest absolute Gasteiger partial charge is 0.353 e. The van der Waals surface area contributed by atoms with Crippen LogP contribution in [0.2, 0.25) is 0 Å². The monoisotopic (exact) mass is 444 g/mol. The van der Waals surface area contributed by atoms with Crippen molar-refractivity contribution in [1.82, 2.24) is 14.8 Å². The van der Waals surface area contributed by atoms with Gasteiger partial charge in [0.25, 0.3) is 0 Å². The van der Waals surface area contributed by atoms with E-state index in [1.165, 1.54) is 17.7 Å². The van der Waals surface area contributed by atoms with Crippen molar-refractivity contribution in [1.29, 1.82) is 0 Å². The van der Waals surface area contributed by atoms with Crippen LogP contribution in [0.3, 0.4) is 0 Å². The Bertz CT molecular complexity index is 1050. The Morgan fingerprint density at radius 2 is 1.64 bits per heavy atom. The first kappa shape index (κ1) is 21.6. The molecule has 2 atom stereocenters. The fourth-order valence-electron chi connectivity index (χ4n) is 5.06. The van der Waals surface area contributed by atoms with E-state index in [4.69, 9.17) is 0 Å². The van der Waals surface area contributed by atoms with Crippen molar-refractivity contribution in [3.63, 3.8) is 0 Å². The summed E-state index contributed by atoms with van der Waals surface area (Å²) in [4.78, 5) is 24.5. The lowest BCUT2D eigenvalue weighted by Crippen LogP contribution is -2.50. The molecule has 6 heteroatoms. The number of rotatable bonds is 5. The van der Waals surface area contributed by atoms with E-state index in [0.29, 0.717) is 13.1 Å². The fraction of sp³-hybridized carbons (Fsp3) is 0.333. The summed E-state index contributed by atoms with van der Waals surface area (Å²) in [5.74, 6) is 0.921. The van der Waals surface area contributed by atoms with Gasteiger partial charge in [-0.05, 0) is 41.8 Å². The number of carbonyl (C=O) groups excluding carboxylic acids is 1. The Balaban J connectivity index is 1.28. The maximum atomic E-state index is 13.5. The Morgan fingerprint density at radius 1 is 0.909 bits per heavy atom. The SMILES string of the molecule is O=C([C@@H]1C[C@@H](c2ccc(F)cc2)N(Cc2ccccc2)C1)N1CCN(c2ccccn2)CC1. The number of aromatic nitrogens is 1. The Labute approximate surface area is 194 Å². The first-order valence-electron chi connectivity index (χ1n) is 11.7.